The number of hydrazone groups is 1. The summed E-state index contributed by atoms with van der Waals surface area (Å²) in [6.07, 6.45) is 1.82. The largest absolute Gasteiger partial charge is 0.378 e. The van der Waals surface area contributed by atoms with Crippen LogP contribution in [-0.2, 0) is 0 Å². The molecule has 0 aliphatic carbocycles. The quantitative estimate of drug-likeness (QED) is 0.519. The summed E-state index contributed by atoms with van der Waals surface area (Å²) < 4.78 is 1.02. The van der Waals surface area contributed by atoms with Gasteiger partial charge in [-0.05, 0) is 48.9 Å². The van der Waals surface area contributed by atoms with Crippen LogP contribution < -0.4 is 10.3 Å². The molecule has 0 radical (unpaired) electrons. The molecule has 0 atom stereocenters. The van der Waals surface area contributed by atoms with Gasteiger partial charge in [0.25, 0.3) is 0 Å². The molecule has 3 rings (SSSR count). The van der Waals surface area contributed by atoms with Gasteiger partial charge in [0.1, 0.15) is 0 Å². The highest BCUT2D eigenvalue weighted by Crippen LogP contribution is 2.26. The van der Waals surface area contributed by atoms with Crippen molar-refractivity contribution in [2.24, 2.45) is 5.10 Å². The maximum atomic E-state index is 4.55. The fourth-order valence-corrected chi connectivity index (χ4v) is 2.82. The minimum atomic E-state index is 0.944. The Hall–Kier alpha value is -2.40. The average Bonchev–Trinajstić information content (AvgIpc) is 2.56. The highest BCUT2D eigenvalue weighted by Gasteiger charge is 2.04. The van der Waals surface area contributed by atoms with E-state index in [4.69, 9.17) is 0 Å². The third kappa shape index (κ3) is 3.74. The number of fused-ring (bicyclic) bond motifs is 1. The Morgan fingerprint density at radius 2 is 1.83 bits per heavy atom. The summed E-state index contributed by atoms with van der Waals surface area (Å²) in [5.74, 6) is 0. The van der Waals surface area contributed by atoms with Crippen LogP contribution in [0.4, 0.5) is 11.4 Å². The van der Waals surface area contributed by atoms with Gasteiger partial charge in [-0.1, -0.05) is 28.1 Å². The van der Waals surface area contributed by atoms with Crippen LogP contribution in [0.2, 0.25) is 0 Å². The predicted octanol–water partition coefficient (Wildman–Crippen LogP) is 4.82. The molecule has 3 aromatic rings. The van der Waals surface area contributed by atoms with Crippen LogP contribution in [0.1, 0.15) is 11.3 Å². The van der Waals surface area contributed by atoms with Crippen LogP contribution in [0.15, 0.2) is 58.1 Å². The summed E-state index contributed by atoms with van der Waals surface area (Å²) in [5.41, 5.74) is 8.20. The van der Waals surface area contributed by atoms with E-state index in [1.54, 1.807) is 0 Å². The lowest BCUT2D eigenvalue weighted by Gasteiger charge is -2.11. The van der Waals surface area contributed by atoms with Crippen LogP contribution in [0.5, 0.6) is 0 Å². The van der Waals surface area contributed by atoms with E-state index in [-0.39, 0.29) is 0 Å². The molecule has 0 aliphatic heterocycles. The summed E-state index contributed by atoms with van der Waals surface area (Å²) in [6, 6.07) is 16.3. The Balaban J connectivity index is 1.83. The van der Waals surface area contributed by atoms with Gasteiger partial charge in [-0.25, -0.2) is 0 Å². The summed E-state index contributed by atoms with van der Waals surface area (Å²) in [5, 5.41) is 5.41. The standard InChI is InChI=1S/C19H19BrN4/c1-13-10-19(17-11-15(20)6-9-18(17)22-13)23-21-12-14-4-7-16(8-5-14)24(2)3/h4-12H,1-3H3,(H,22,23)/b21-12+. The van der Waals surface area contributed by atoms with Gasteiger partial charge in [0, 0.05) is 35.3 Å². The molecular weight excluding hydrogens is 364 g/mol. The van der Waals surface area contributed by atoms with Crippen LogP contribution in [0.25, 0.3) is 10.9 Å². The molecule has 24 heavy (non-hydrogen) atoms. The first-order valence-corrected chi connectivity index (χ1v) is 8.45. The highest BCUT2D eigenvalue weighted by molar-refractivity contribution is 9.10. The first-order chi connectivity index (χ1) is 11.5. The Bertz CT molecular complexity index is 886. The molecule has 0 saturated carbocycles. The zero-order chi connectivity index (χ0) is 17.1. The summed E-state index contributed by atoms with van der Waals surface area (Å²) in [7, 11) is 4.05. The second-order valence-corrected chi connectivity index (χ2v) is 6.74. The minimum Gasteiger partial charge on any atom is -0.378 e. The molecule has 0 saturated heterocycles. The zero-order valence-corrected chi connectivity index (χ0v) is 15.5. The van der Waals surface area contributed by atoms with Crippen molar-refractivity contribution < 1.29 is 0 Å². The fraction of sp³-hybridized carbons (Fsp3) is 0.158. The molecule has 0 spiro atoms. The van der Waals surface area contributed by atoms with Gasteiger partial charge in [0.2, 0.25) is 0 Å². The number of hydrogen-bond acceptors (Lipinski definition) is 4. The first-order valence-electron chi connectivity index (χ1n) is 7.66. The molecule has 2 aromatic carbocycles. The number of nitrogens with one attached hydrogen (secondary N) is 1. The smallest absolute Gasteiger partial charge is 0.0727 e. The number of benzene rings is 2. The van der Waals surface area contributed by atoms with Crippen molar-refractivity contribution in [1.82, 2.24) is 4.98 Å². The normalized spacial score (nSPS) is 11.2. The third-order valence-corrected chi connectivity index (χ3v) is 4.20. The molecule has 1 aromatic heterocycles. The summed E-state index contributed by atoms with van der Waals surface area (Å²) in [6.45, 7) is 1.98. The molecule has 0 amide bonds. The number of pyridine rings is 1. The Labute approximate surface area is 150 Å². The molecule has 1 N–H and O–H groups in total. The Morgan fingerprint density at radius 3 is 2.54 bits per heavy atom. The monoisotopic (exact) mass is 382 g/mol. The van der Waals surface area contributed by atoms with E-state index in [1.807, 2.05) is 63.6 Å². The molecule has 122 valence electrons. The lowest BCUT2D eigenvalue weighted by molar-refractivity contribution is 1.13. The van der Waals surface area contributed by atoms with E-state index in [2.05, 4.69) is 48.5 Å². The second-order valence-electron chi connectivity index (χ2n) is 5.83. The van der Waals surface area contributed by atoms with Gasteiger partial charge in [-0.2, -0.15) is 5.10 Å². The summed E-state index contributed by atoms with van der Waals surface area (Å²) >= 11 is 3.51. The lowest BCUT2D eigenvalue weighted by Crippen LogP contribution is -2.08. The van der Waals surface area contributed by atoms with Crippen LogP contribution in [-0.4, -0.2) is 25.3 Å². The maximum absolute atomic E-state index is 4.55. The van der Waals surface area contributed by atoms with E-state index in [9.17, 15) is 0 Å². The van der Waals surface area contributed by atoms with Crippen molar-refractivity contribution in [1.29, 1.82) is 0 Å². The van der Waals surface area contributed by atoms with Gasteiger partial charge in [-0.3, -0.25) is 10.4 Å². The predicted molar refractivity (Wildman–Crippen MR) is 106 cm³/mol. The van der Waals surface area contributed by atoms with Crippen molar-refractivity contribution in [2.75, 3.05) is 24.4 Å². The van der Waals surface area contributed by atoms with Gasteiger partial charge >= 0.3 is 0 Å². The van der Waals surface area contributed by atoms with Gasteiger partial charge < -0.3 is 4.90 Å². The first kappa shape index (κ1) is 16.5. The van der Waals surface area contributed by atoms with Crippen LogP contribution in [0.3, 0.4) is 0 Å². The molecule has 0 bridgehead atoms. The number of halogens is 1. The van der Waals surface area contributed by atoms with Gasteiger partial charge in [0.15, 0.2) is 0 Å². The number of nitrogens with zero attached hydrogens (tertiary/aromatic N) is 3. The SMILES string of the molecule is Cc1cc(N/N=C/c2ccc(N(C)C)cc2)c2cc(Br)ccc2n1. The zero-order valence-electron chi connectivity index (χ0n) is 13.9. The van der Waals surface area contributed by atoms with Gasteiger partial charge in [0.05, 0.1) is 17.4 Å². The van der Waals surface area contributed by atoms with E-state index in [0.717, 1.165) is 32.3 Å². The topological polar surface area (TPSA) is 40.5 Å². The molecule has 5 heteroatoms. The van der Waals surface area contributed by atoms with Crippen molar-refractivity contribution in [3.8, 4) is 0 Å². The molecule has 0 unspecified atom stereocenters. The van der Waals surface area contributed by atoms with Crippen molar-refractivity contribution in [3.05, 3.63) is 64.3 Å². The number of hydrogen-bond donors (Lipinski definition) is 1. The number of aromatic nitrogens is 1. The van der Waals surface area contributed by atoms with Crippen molar-refractivity contribution >= 4 is 44.4 Å². The lowest BCUT2D eigenvalue weighted by atomic mass is 10.1. The van der Waals surface area contributed by atoms with Crippen LogP contribution >= 0.6 is 15.9 Å². The third-order valence-electron chi connectivity index (χ3n) is 3.71. The van der Waals surface area contributed by atoms with Crippen molar-refractivity contribution in [2.45, 2.75) is 6.92 Å². The number of anilines is 2. The molecular formula is C19H19BrN4. The van der Waals surface area contributed by atoms with Crippen molar-refractivity contribution in [3.63, 3.8) is 0 Å². The highest BCUT2D eigenvalue weighted by atomic mass is 79.9. The minimum absolute atomic E-state index is 0.944. The molecule has 0 aliphatic rings. The Kier molecular flexibility index (Phi) is 4.81. The summed E-state index contributed by atoms with van der Waals surface area (Å²) in [4.78, 5) is 6.62. The van der Waals surface area contributed by atoms with E-state index in [0.29, 0.717) is 0 Å². The number of rotatable bonds is 4. The molecule has 1 heterocycles. The van der Waals surface area contributed by atoms with Gasteiger partial charge in [-0.15, -0.1) is 0 Å². The van der Waals surface area contributed by atoms with E-state index in [1.165, 1.54) is 5.69 Å². The Morgan fingerprint density at radius 1 is 1.08 bits per heavy atom. The molecule has 0 fully saturated rings. The van der Waals surface area contributed by atoms with E-state index < -0.39 is 0 Å². The van der Waals surface area contributed by atoms with E-state index >= 15 is 0 Å². The maximum Gasteiger partial charge on any atom is 0.0727 e. The number of aryl methyl sites for hydroxylation is 1. The average molecular weight is 383 g/mol. The fourth-order valence-electron chi connectivity index (χ4n) is 2.46. The molecule has 4 nitrogen and oxygen atoms in total. The second kappa shape index (κ2) is 7.01. The van der Waals surface area contributed by atoms with Crippen LogP contribution in [0, 0.1) is 6.92 Å².